The molecule has 0 aromatic heterocycles. The summed E-state index contributed by atoms with van der Waals surface area (Å²) in [6, 6.07) is 5.16. The maximum absolute atomic E-state index is 9.49. The molecule has 0 aliphatic rings. The van der Waals surface area contributed by atoms with Crippen molar-refractivity contribution >= 4 is 0 Å². The molecule has 0 heterocycles. The molecular weight excluding hydrogens is 236 g/mol. The summed E-state index contributed by atoms with van der Waals surface area (Å²) >= 11 is 0. The fraction of sp³-hybridized carbons (Fsp3) is 0.647. The molecule has 0 amide bonds. The normalized spacial score (nSPS) is 12.5. The summed E-state index contributed by atoms with van der Waals surface area (Å²) in [4.78, 5) is 0. The van der Waals surface area contributed by atoms with E-state index < -0.39 is 0 Å². The zero-order valence-electron chi connectivity index (χ0n) is 12.4. The Morgan fingerprint density at radius 2 is 1.53 bits per heavy atom. The summed E-state index contributed by atoms with van der Waals surface area (Å²) in [6.07, 6.45) is 10.4. The summed E-state index contributed by atoms with van der Waals surface area (Å²) in [6.45, 7) is 4.43. The number of benzene rings is 1. The van der Waals surface area contributed by atoms with Crippen LogP contribution in [0.1, 0.15) is 76.7 Å². The minimum atomic E-state index is -0.0353. The van der Waals surface area contributed by atoms with Crippen LogP contribution in [0, 0.1) is 0 Å². The number of unbranched alkanes of at least 4 members (excludes halogenated alkanes) is 6. The highest BCUT2D eigenvalue weighted by molar-refractivity contribution is 5.41. The van der Waals surface area contributed by atoms with E-state index in [2.05, 4.69) is 13.8 Å². The Bertz CT molecular complexity index is 360. The lowest BCUT2D eigenvalue weighted by Gasteiger charge is -2.12. The predicted octanol–water partition coefficient (Wildman–Crippen LogP) is 5.34. The van der Waals surface area contributed by atoms with Gasteiger partial charge in [-0.2, -0.15) is 0 Å². The third kappa shape index (κ3) is 6.00. The second kappa shape index (κ2) is 8.84. The van der Waals surface area contributed by atoms with E-state index in [1.54, 1.807) is 12.1 Å². The van der Waals surface area contributed by atoms with Gasteiger partial charge in [0, 0.05) is 0 Å². The van der Waals surface area contributed by atoms with E-state index in [-0.39, 0.29) is 11.5 Å². The third-order valence-corrected chi connectivity index (χ3v) is 3.81. The molecule has 0 radical (unpaired) electrons. The molecule has 1 atom stereocenters. The maximum Gasteiger partial charge on any atom is 0.157 e. The van der Waals surface area contributed by atoms with Gasteiger partial charge in [0.1, 0.15) is 0 Å². The molecule has 2 nitrogen and oxygen atoms in total. The average molecular weight is 264 g/mol. The Kier molecular flexibility index (Phi) is 7.39. The van der Waals surface area contributed by atoms with Crippen molar-refractivity contribution in [3.8, 4) is 11.5 Å². The molecule has 0 saturated heterocycles. The van der Waals surface area contributed by atoms with Gasteiger partial charge in [-0.05, 0) is 30.0 Å². The van der Waals surface area contributed by atoms with Crippen molar-refractivity contribution in [2.24, 2.45) is 0 Å². The SMILES string of the molecule is CCCCCCCCCC(C)c1ccc(O)c(O)c1. The van der Waals surface area contributed by atoms with E-state index in [1.807, 2.05) is 6.07 Å². The van der Waals surface area contributed by atoms with Gasteiger partial charge in [0.25, 0.3) is 0 Å². The van der Waals surface area contributed by atoms with Gasteiger partial charge in [-0.3, -0.25) is 0 Å². The predicted molar refractivity (Wildman–Crippen MR) is 80.8 cm³/mol. The molecule has 0 fully saturated rings. The number of hydrogen-bond acceptors (Lipinski definition) is 2. The van der Waals surface area contributed by atoms with Gasteiger partial charge in [0.2, 0.25) is 0 Å². The van der Waals surface area contributed by atoms with Crippen LogP contribution >= 0.6 is 0 Å². The monoisotopic (exact) mass is 264 g/mol. The molecule has 1 aromatic carbocycles. The molecule has 1 rings (SSSR count). The van der Waals surface area contributed by atoms with Crippen molar-refractivity contribution < 1.29 is 10.2 Å². The van der Waals surface area contributed by atoms with E-state index >= 15 is 0 Å². The quantitative estimate of drug-likeness (QED) is 0.466. The fourth-order valence-corrected chi connectivity index (χ4v) is 2.42. The highest BCUT2D eigenvalue weighted by Gasteiger charge is 2.08. The molecule has 19 heavy (non-hydrogen) atoms. The lowest BCUT2D eigenvalue weighted by molar-refractivity contribution is 0.402. The first-order chi connectivity index (χ1) is 9.15. The summed E-state index contributed by atoms with van der Waals surface area (Å²) in [7, 11) is 0. The Morgan fingerprint density at radius 3 is 2.16 bits per heavy atom. The van der Waals surface area contributed by atoms with Gasteiger partial charge in [-0.15, -0.1) is 0 Å². The first-order valence-corrected chi connectivity index (χ1v) is 7.67. The number of phenols is 2. The zero-order valence-corrected chi connectivity index (χ0v) is 12.4. The van der Waals surface area contributed by atoms with E-state index in [1.165, 1.54) is 44.9 Å². The fourth-order valence-electron chi connectivity index (χ4n) is 2.42. The second-order valence-electron chi connectivity index (χ2n) is 5.56. The van der Waals surface area contributed by atoms with Crippen molar-refractivity contribution in [3.63, 3.8) is 0 Å². The topological polar surface area (TPSA) is 40.5 Å². The minimum Gasteiger partial charge on any atom is -0.504 e. The molecular formula is C17H28O2. The van der Waals surface area contributed by atoms with E-state index in [4.69, 9.17) is 0 Å². The molecule has 2 N–H and O–H groups in total. The summed E-state index contributed by atoms with van der Waals surface area (Å²) in [5, 5.41) is 18.8. The van der Waals surface area contributed by atoms with Gasteiger partial charge in [-0.25, -0.2) is 0 Å². The molecule has 108 valence electrons. The Hall–Kier alpha value is -1.18. The maximum atomic E-state index is 9.49. The van der Waals surface area contributed by atoms with Crippen LogP contribution in [0.5, 0.6) is 11.5 Å². The van der Waals surface area contributed by atoms with Crippen LogP contribution in [0.15, 0.2) is 18.2 Å². The Balaban J connectivity index is 2.20. The number of aromatic hydroxyl groups is 2. The van der Waals surface area contributed by atoms with Crippen LogP contribution in [0.25, 0.3) is 0 Å². The van der Waals surface area contributed by atoms with Crippen LogP contribution in [0.4, 0.5) is 0 Å². The summed E-state index contributed by atoms with van der Waals surface area (Å²) in [5.41, 5.74) is 1.11. The Labute approximate surface area is 117 Å². The van der Waals surface area contributed by atoms with Gasteiger partial charge >= 0.3 is 0 Å². The lowest BCUT2D eigenvalue weighted by atomic mass is 9.94. The van der Waals surface area contributed by atoms with Crippen LogP contribution in [-0.4, -0.2) is 10.2 Å². The first-order valence-electron chi connectivity index (χ1n) is 7.67. The van der Waals surface area contributed by atoms with E-state index in [9.17, 15) is 10.2 Å². The minimum absolute atomic E-state index is 0.0103. The number of hydrogen-bond donors (Lipinski definition) is 2. The van der Waals surface area contributed by atoms with Gasteiger partial charge in [0.15, 0.2) is 11.5 Å². The third-order valence-electron chi connectivity index (χ3n) is 3.81. The standard InChI is InChI=1S/C17H28O2/c1-3-4-5-6-7-8-9-10-14(2)15-11-12-16(18)17(19)13-15/h11-14,18-19H,3-10H2,1-2H3. The second-order valence-corrected chi connectivity index (χ2v) is 5.56. The van der Waals surface area contributed by atoms with Crippen molar-refractivity contribution in [2.45, 2.75) is 71.1 Å². The molecule has 0 saturated carbocycles. The zero-order chi connectivity index (χ0) is 14.1. The lowest BCUT2D eigenvalue weighted by Crippen LogP contribution is -1.93. The number of rotatable bonds is 9. The molecule has 2 heteroatoms. The van der Waals surface area contributed by atoms with Crippen LogP contribution < -0.4 is 0 Å². The highest BCUT2D eigenvalue weighted by Crippen LogP contribution is 2.30. The van der Waals surface area contributed by atoms with Gasteiger partial charge in [-0.1, -0.05) is 64.9 Å². The first kappa shape index (κ1) is 15.9. The summed E-state index contributed by atoms with van der Waals surface area (Å²) in [5.74, 6) is 0.401. The van der Waals surface area contributed by atoms with Crippen LogP contribution in [-0.2, 0) is 0 Å². The van der Waals surface area contributed by atoms with E-state index in [0.29, 0.717) is 5.92 Å². The summed E-state index contributed by atoms with van der Waals surface area (Å²) < 4.78 is 0. The van der Waals surface area contributed by atoms with Crippen molar-refractivity contribution in [1.82, 2.24) is 0 Å². The van der Waals surface area contributed by atoms with Crippen LogP contribution in [0.3, 0.4) is 0 Å². The molecule has 0 bridgehead atoms. The molecule has 0 aliphatic heterocycles. The molecule has 0 aliphatic carbocycles. The van der Waals surface area contributed by atoms with Crippen molar-refractivity contribution in [2.75, 3.05) is 0 Å². The van der Waals surface area contributed by atoms with Crippen molar-refractivity contribution in [3.05, 3.63) is 23.8 Å². The van der Waals surface area contributed by atoms with Crippen LogP contribution in [0.2, 0.25) is 0 Å². The van der Waals surface area contributed by atoms with Gasteiger partial charge in [0.05, 0.1) is 0 Å². The number of phenolic OH excluding ortho intramolecular Hbond substituents is 2. The average Bonchev–Trinajstić information content (AvgIpc) is 2.40. The van der Waals surface area contributed by atoms with E-state index in [0.717, 1.165) is 12.0 Å². The van der Waals surface area contributed by atoms with Gasteiger partial charge < -0.3 is 10.2 Å². The molecule has 1 unspecified atom stereocenters. The molecule has 0 spiro atoms. The Morgan fingerprint density at radius 1 is 0.895 bits per heavy atom. The molecule has 1 aromatic rings. The largest absolute Gasteiger partial charge is 0.504 e. The smallest absolute Gasteiger partial charge is 0.157 e. The van der Waals surface area contributed by atoms with Crippen molar-refractivity contribution in [1.29, 1.82) is 0 Å². The highest BCUT2D eigenvalue weighted by atomic mass is 16.3.